The highest BCUT2D eigenvalue weighted by molar-refractivity contribution is 5.60. The van der Waals surface area contributed by atoms with Crippen molar-refractivity contribution >= 4 is 11.5 Å². The van der Waals surface area contributed by atoms with E-state index in [1.54, 1.807) is 11.7 Å². The summed E-state index contributed by atoms with van der Waals surface area (Å²) in [6.07, 6.45) is 4.87. The lowest BCUT2D eigenvalue weighted by Crippen LogP contribution is -2.24. The van der Waals surface area contributed by atoms with Crippen molar-refractivity contribution in [1.29, 1.82) is 0 Å². The number of nitro groups is 1. The number of nitrogens with zero attached hydrogens (tertiary/aromatic N) is 3. The number of hydrogen-bond acceptors (Lipinski definition) is 4. The Morgan fingerprint density at radius 3 is 2.55 bits per heavy atom. The Morgan fingerprint density at radius 1 is 1.45 bits per heavy atom. The summed E-state index contributed by atoms with van der Waals surface area (Å²) < 4.78 is 1.60. The summed E-state index contributed by atoms with van der Waals surface area (Å²) in [5.41, 5.74) is 0.927. The predicted octanol–water partition coefficient (Wildman–Crippen LogP) is 3.44. The number of anilines is 1. The molecule has 1 aliphatic rings. The molecule has 1 saturated carbocycles. The Balaban J connectivity index is 2.24. The zero-order valence-electron chi connectivity index (χ0n) is 12.8. The van der Waals surface area contributed by atoms with Crippen LogP contribution in [0.1, 0.15) is 58.1 Å². The van der Waals surface area contributed by atoms with E-state index in [1.165, 1.54) is 25.7 Å². The van der Waals surface area contributed by atoms with E-state index >= 15 is 0 Å². The molecule has 0 unspecified atom stereocenters. The van der Waals surface area contributed by atoms with Crippen LogP contribution >= 0.6 is 0 Å². The van der Waals surface area contributed by atoms with Gasteiger partial charge in [-0.05, 0) is 18.3 Å². The minimum Gasteiger partial charge on any atom is -0.364 e. The minimum absolute atomic E-state index is 0.0409. The number of aryl methyl sites for hydroxylation is 1. The van der Waals surface area contributed by atoms with Crippen LogP contribution in [0.5, 0.6) is 0 Å². The number of aromatic nitrogens is 2. The minimum atomic E-state index is -0.318. The highest BCUT2D eigenvalue weighted by atomic mass is 16.6. The normalized spacial score (nSPS) is 17.6. The first kappa shape index (κ1) is 14.8. The van der Waals surface area contributed by atoms with E-state index in [4.69, 9.17) is 0 Å². The van der Waals surface area contributed by atoms with Gasteiger partial charge in [-0.25, -0.2) is 4.68 Å². The van der Waals surface area contributed by atoms with Crippen LogP contribution in [0.3, 0.4) is 0 Å². The van der Waals surface area contributed by atoms with Gasteiger partial charge in [-0.1, -0.05) is 33.6 Å². The van der Waals surface area contributed by atoms with Crippen LogP contribution in [0.15, 0.2) is 0 Å². The van der Waals surface area contributed by atoms with E-state index in [0.29, 0.717) is 11.5 Å². The maximum Gasteiger partial charge on any atom is 0.334 e. The van der Waals surface area contributed by atoms with E-state index in [9.17, 15) is 10.1 Å². The van der Waals surface area contributed by atoms with Gasteiger partial charge in [0.2, 0.25) is 5.82 Å². The molecule has 1 heterocycles. The molecule has 0 aromatic carbocycles. The Morgan fingerprint density at radius 2 is 2.05 bits per heavy atom. The summed E-state index contributed by atoms with van der Waals surface area (Å²) in [5.74, 6) is 0.575. The van der Waals surface area contributed by atoms with Crippen LogP contribution in [0.4, 0.5) is 11.5 Å². The Hall–Kier alpha value is -1.59. The van der Waals surface area contributed by atoms with Gasteiger partial charge in [0.25, 0.3) is 0 Å². The first-order valence-corrected chi connectivity index (χ1v) is 7.29. The van der Waals surface area contributed by atoms with Gasteiger partial charge < -0.3 is 5.32 Å². The second kappa shape index (κ2) is 5.42. The van der Waals surface area contributed by atoms with Gasteiger partial charge >= 0.3 is 5.69 Å². The van der Waals surface area contributed by atoms with E-state index in [0.717, 1.165) is 6.54 Å². The van der Waals surface area contributed by atoms with Gasteiger partial charge in [0.15, 0.2) is 0 Å². The molecule has 1 aromatic heterocycles. The standard InChI is InChI=1S/C14H24N4O2/c1-10(2)11-12(18(19)20)13(17(4)16-11)15-9-14(3)7-5-6-8-14/h10,15H,5-9H2,1-4H3. The summed E-state index contributed by atoms with van der Waals surface area (Å²) >= 11 is 0. The summed E-state index contributed by atoms with van der Waals surface area (Å²) in [6.45, 7) is 6.87. The highest BCUT2D eigenvalue weighted by Crippen LogP contribution is 2.39. The van der Waals surface area contributed by atoms with Gasteiger partial charge in [0.05, 0.1) is 4.92 Å². The molecule has 1 aromatic rings. The Kier molecular flexibility index (Phi) is 4.01. The Labute approximate surface area is 119 Å². The van der Waals surface area contributed by atoms with Crippen LogP contribution in [0.2, 0.25) is 0 Å². The molecule has 1 N–H and O–H groups in total. The SMILES string of the molecule is CC(C)c1nn(C)c(NCC2(C)CCCC2)c1[N+](=O)[O-]. The van der Waals surface area contributed by atoms with Crippen LogP contribution < -0.4 is 5.32 Å². The number of rotatable bonds is 5. The maximum absolute atomic E-state index is 11.3. The molecule has 6 heteroatoms. The molecule has 6 nitrogen and oxygen atoms in total. The van der Waals surface area contributed by atoms with Gasteiger partial charge in [0.1, 0.15) is 5.69 Å². The van der Waals surface area contributed by atoms with Crippen molar-refractivity contribution in [1.82, 2.24) is 9.78 Å². The molecule has 1 aliphatic carbocycles. The molecule has 112 valence electrons. The van der Waals surface area contributed by atoms with Gasteiger partial charge in [-0.2, -0.15) is 5.10 Å². The van der Waals surface area contributed by atoms with Crippen LogP contribution in [0, 0.1) is 15.5 Å². The van der Waals surface area contributed by atoms with Crippen LogP contribution in [-0.4, -0.2) is 21.2 Å². The lowest BCUT2D eigenvalue weighted by atomic mass is 9.89. The van der Waals surface area contributed by atoms with Crippen LogP contribution in [-0.2, 0) is 7.05 Å². The zero-order chi connectivity index (χ0) is 14.9. The van der Waals surface area contributed by atoms with Crippen molar-refractivity contribution in [2.75, 3.05) is 11.9 Å². The first-order valence-electron chi connectivity index (χ1n) is 7.29. The first-order chi connectivity index (χ1) is 9.34. The van der Waals surface area contributed by atoms with E-state index in [-0.39, 0.29) is 21.9 Å². The van der Waals surface area contributed by atoms with Crippen molar-refractivity contribution < 1.29 is 4.92 Å². The molecule has 20 heavy (non-hydrogen) atoms. The summed E-state index contributed by atoms with van der Waals surface area (Å²) in [6, 6.07) is 0. The average Bonchev–Trinajstić information content (AvgIpc) is 2.91. The summed E-state index contributed by atoms with van der Waals surface area (Å²) in [4.78, 5) is 11.0. The van der Waals surface area contributed by atoms with Gasteiger partial charge in [0, 0.05) is 19.5 Å². The third-order valence-corrected chi connectivity index (χ3v) is 4.27. The molecule has 0 spiro atoms. The second-order valence-corrected chi connectivity index (χ2v) is 6.49. The lowest BCUT2D eigenvalue weighted by molar-refractivity contribution is -0.384. The van der Waals surface area contributed by atoms with E-state index < -0.39 is 0 Å². The van der Waals surface area contributed by atoms with Crippen LogP contribution in [0.25, 0.3) is 0 Å². The van der Waals surface area contributed by atoms with E-state index in [2.05, 4.69) is 17.3 Å². The largest absolute Gasteiger partial charge is 0.364 e. The lowest BCUT2D eigenvalue weighted by Gasteiger charge is -2.23. The van der Waals surface area contributed by atoms with Crippen molar-refractivity contribution in [2.45, 2.75) is 52.4 Å². The molecule has 0 saturated heterocycles. The summed E-state index contributed by atoms with van der Waals surface area (Å²) in [5, 5.41) is 18.9. The summed E-state index contributed by atoms with van der Waals surface area (Å²) in [7, 11) is 1.76. The molecule has 1 fully saturated rings. The monoisotopic (exact) mass is 280 g/mol. The molecule has 0 amide bonds. The molecular formula is C14H24N4O2. The molecule has 0 atom stereocenters. The Bertz CT molecular complexity index is 502. The second-order valence-electron chi connectivity index (χ2n) is 6.49. The van der Waals surface area contributed by atoms with Crippen molar-refractivity contribution in [3.05, 3.63) is 15.8 Å². The fraction of sp³-hybridized carbons (Fsp3) is 0.786. The highest BCUT2D eigenvalue weighted by Gasteiger charge is 2.32. The third-order valence-electron chi connectivity index (χ3n) is 4.27. The maximum atomic E-state index is 11.3. The fourth-order valence-electron chi connectivity index (χ4n) is 3.00. The quantitative estimate of drug-likeness (QED) is 0.662. The average molecular weight is 280 g/mol. The van der Waals surface area contributed by atoms with Crippen molar-refractivity contribution in [3.63, 3.8) is 0 Å². The number of hydrogen-bond donors (Lipinski definition) is 1. The third kappa shape index (κ3) is 2.78. The van der Waals surface area contributed by atoms with Gasteiger partial charge in [-0.15, -0.1) is 0 Å². The molecular weight excluding hydrogens is 256 g/mol. The molecule has 0 bridgehead atoms. The fourth-order valence-corrected chi connectivity index (χ4v) is 3.00. The molecule has 0 aliphatic heterocycles. The number of nitrogens with one attached hydrogen (secondary N) is 1. The topological polar surface area (TPSA) is 73.0 Å². The predicted molar refractivity (Wildman–Crippen MR) is 79.0 cm³/mol. The van der Waals surface area contributed by atoms with Crippen molar-refractivity contribution in [2.24, 2.45) is 12.5 Å². The molecule has 2 rings (SSSR count). The van der Waals surface area contributed by atoms with Crippen molar-refractivity contribution in [3.8, 4) is 0 Å². The van der Waals surface area contributed by atoms with Gasteiger partial charge in [-0.3, -0.25) is 10.1 Å². The zero-order valence-corrected chi connectivity index (χ0v) is 12.8. The molecule has 0 radical (unpaired) electrons. The van der Waals surface area contributed by atoms with E-state index in [1.807, 2.05) is 13.8 Å². The smallest absolute Gasteiger partial charge is 0.334 e.